The Kier molecular flexibility index (Phi) is 5.84. The van der Waals surface area contributed by atoms with Crippen LogP contribution in [0.4, 0.5) is 14.9 Å². The second-order valence-corrected chi connectivity index (χ2v) is 7.07. The molecule has 1 aliphatic heterocycles. The monoisotopic (exact) mass is 366 g/mol. The highest BCUT2D eigenvalue weighted by Gasteiger charge is 2.25. The van der Waals surface area contributed by atoms with Crippen LogP contribution in [0, 0.1) is 15.9 Å². The van der Waals surface area contributed by atoms with Crippen LogP contribution in [0.15, 0.2) is 17.7 Å². The summed E-state index contributed by atoms with van der Waals surface area (Å²) < 4.78 is 24.4. The SMILES string of the molecule is COc1cc(F)c(C=C2CCN(C(=O)OC(C)(C)C)CC2)cc1[N+](=O)[O-]. The smallest absolute Gasteiger partial charge is 0.410 e. The lowest BCUT2D eigenvalue weighted by Crippen LogP contribution is -2.40. The largest absolute Gasteiger partial charge is 0.490 e. The summed E-state index contributed by atoms with van der Waals surface area (Å²) in [5.74, 6) is -0.705. The summed E-state index contributed by atoms with van der Waals surface area (Å²) in [6.45, 7) is 6.33. The fraction of sp³-hybridized carbons (Fsp3) is 0.500. The molecule has 1 fully saturated rings. The molecule has 0 radical (unpaired) electrons. The average Bonchev–Trinajstić information content (AvgIpc) is 2.55. The van der Waals surface area contributed by atoms with Crippen LogP contribution in [0.3, 0.4) is 0 Å². The summed E-state index contributed by atoms with van der Waals surface area (Å²) >= 11 is 0. The van der Waals surface area contributed by atoms with Crippen LogP contribution in [0.5, 0.6) is 5.75 Å². The molecule has 7 nitrogen and oxygen atoms in total. The molecule has 0 spiro atoms. The first-order valence-corrected chi connectivity index (χ1v) is 8.30. The third-order valence-electron chi connectivity index (χ3n) is 3.91. The third-order valence-corrected chi connectivity index (χ3v) is 3.91. The summed E-state index contributed by atoms with van der Waals surface area (Å²) in [5.41, 5.74) is 0.214. The van der Waals surface area contributed by atoms with Gasteiger partial charge in [-0.15, -0.1) is 0 Å². The number of halogens is 1. The van der Waals surface area contributed by atoms with E-state index in [4.69, 9.17) is 9.47 Å². The third kappa shape index (κ3) is 4.93. The molecule has 0 aromatic heterocycles. The fourth-order valence-electron chi connectivity index (χ4n) is 2.64. The van der Waals surface area contributed by atoms with Gasteiger partial charge in [0.1, 0.15) is 11.4 Å². The summed E-state index contributed by atoms with van der Waals surface area (Å²) in [7, 11) is 1.26. The zero-order valence-corrected chi connectivity index (χ0v) is 15.4. The van der Waals surface area contributed by atoms with Crippen LogP contribution >= 0.6 is 0 Å². The molecule has 1 heterocycles. The molecular formula is C18H23FN2O5. The molecule has 0 atom stereocenters. The van der Waals surface area contributed by atoms with Gasteiger partial charge in [0.15, 0.2) is 5.75 Å². The number of nitrogens with zero attached hydrogens (tertiary/aromatic N) is 2. The van der Waals surface area contributed by atoms with Gasteiger partial charge in [-0.2, -0.15) is 0 Å². The summed E-state index contributed by atoms with van der Waals surface area (Å²) in [6, 6.07) is 2.18. The van der Waals surface area contributed by atoms with Crippen LogP contribution in [-0.4, -0.2) is 41.7 Å². The standard InChI is InChI=1S/C18H23FN2O5/c1-18(2,3)26-17(22)20-7-5-12(6-8-20)9-13-10-15(21(23)24)16(25-4)11-14(13)19/h9-11H,5-8H2,1-4H3. The number of nitro groups is 1. The van der Waals surface area contributed by atoms with Crippen molar-refractivity contribution in [2.75, 3.05) is 20.2 Å². The Hall–Kier alpha value is -2.64. The molecule has 1 aromatic rings. The number of carbonyl (C=O) groups is 1. The molecule has 1 aliphatic rings. The van der Waals surface area contributed by atoms with Crippen LogP contribution in [0.25, 0.3) is 6.08 Å². The zero-order chi connectivity index (χ0) is 19.5. The van der Waals surface area contributed by atoms with Gasteiger partial charge in [0, 0.05) is 30.8 Å². The van der Waals surface area contributed by atoms with E-state index in [1.807, 2.05) is 0 Å². The van der Waals surface area contributed by atoms with Crippen molar-refractivity contribution in [3.05, 3.63) is 39.2 Å². The van der Waals surface area contributed by atoms with Crippen LogP contribution in [0.1, 0.15) is 39.2 Å². The van der Waals surface area contributed by atoms with Gasteiger partial charge in [-0.1, -0.05) is 11.6 Å². The van der Waals surface area contributed by atoms with Gasteiger partial charge in [-0.05, 0) is 33.6 Å². The molecule has 0 N–H and O–H groups in total. The minimum absolute atomic E-state index is 0.116. The number of hydrogen-bond acceptors (Lipinski definition) is 5. The van der Waals surface area contributed by atoms with Gasteiger partial charge in [0.25, 0.3) is 0 Å². The molecule has 1 saturated heterocycles. The number of piperidine rings is 1. The van der Waals surface area contributed by atoms with E-state index in [-0.39, 0.29) is 23.1 Å². The second kappa shape index (κ2) is 7.72. The number of amides is 1. The first-order chi connectivity index (χ1) is 12.1. The number of ether oxygens (including phenoxy) is 2. The van der Waals surface area contributed by atoms with Crippen LogP contribution in [-0.2, 0) is 4.74 Å². The molecule has 0 bridgehead atoms. The molecule has 1 amide bonds. The van der Waals surface area contributed by atoms with E-state index in [1.54, 1.807) is 31.7 Å². The van der Waals surface area contributed by atoms with Gasteiger partial charge in [-0.25, -0.2) is 9.18 Å². The van der Waals surface area contributed by atoms with Crippen molar-refractivity contribution in [3.63, 3.8) is 0 Å². The quantitative estimate of drug-likeness (QED) is 0.593. The summed E-state index contributed by atoms with van der Waals surface area (Å²) in [5, 5.41) is 11.1. The van der Waals surface area contributed by atoms with Crippen molar-refractivity contribution in [2.24, 2.45) is 0 Å². The normalized spacial score (nSPS) is 14.8. The Bertz CT molecular complexity index is 730. The van der Waals surface area contributed by atoms with Gasteiger partial charge in [-0.3, -0.25) is 10.1 Å². The molecule has 26 heavy (non-hydrogen) atoms. The lowest BCUT2D eigenvalue weighted by molar-refractivity contribution is -0.385. The Labute approximate surface area is 151 Å². The van der Waals surface area contributed by atoms with Crippen molar-refractivity contribution in [2.45, 2.75) is 39.2 Å². The number of rotatable bonds is 3. The molecule has 0 unspecified atom stereocenters. The molecule has 0 saturated carbocycles. The fourth-order valence-corrected chi connectivity index (χ4v) is 2.64. The number of likely N-dealkylation sites (tertiary alicyclic amines) is 1. The molecule has 2 rings (SSSR count). The molecule has 8 heteroatoms. The van der Waals surface area contributed by atoms with E-state index in [2.05, 4.69) is 0 Å². The predicted octanol–water partition coefficient (Wildman–Crippen LogP) is 4.16. The van der Waals surface area contributed by atoms with E-state index in [0.29, 0.717) is 25.9 Å². The Morgan fingerprint density at radius 2 is 1.92 bits per heavy atom. The van der Waals surface area contributed by atoms with Gasteiger partial charge in [0.05, 0.1) is 12.0 Å². The van der Waals surface area contributed by atoms with E-state index in [1.165, 1.54) is 13.2 Å². The van der Waals surface area contributed by atoms with Crippen LogP contribution in [0.2, 0.25) is 0 Å². The van der Waals surface area contributed by atoms with Gasteiger partial charge >= 0.3 is 11.8 Å². The van der Waals surface area contributed by atoms with E-state index in [0.717, 1.165) is 11.6 Å². The van der Waals surface area contributed by atoms with E-state index < -0.39 is 16.3 Å². The van der Waals surface area contributed by atoms with Gasteiger partial charge < -0.3 is 14.4 Å². The topological polar surface area (TPSA) is 81.9 Å². The molecule has 142 valence electrons. The Morgan fingerprint density at radius 1 is 1.31 bits per heavy atom. The van der Waals surface area contributed by atoms with Crippen molar-refractivity contribution in [1.82, 2.24) is 4.90 Å². The molecule has 1 aromatic carbocycles. The minimum Gasteiger partial charge on any atom is -0.490 e. The number of methoxy groups -OCH3 is 1. The molecule has 0 aliphatic carbocycles. The second-order valence-electron chi connectivity index (χ2n) is 7.07. The zero-order valence-electron chi connectivity index (χ0n) is 15.4. The van der Waals surface area contributed by atoms with E-state index in [9.17, 15) is 19.3 Å². The molecular weight excluding hydrogens is 343 g/mol. The first kappa shape index (κ1) is 19.7. The number of benzene rings is 1. The summed E-state index contributed by atoms with van der Waals surface area (Å²) in [4.78, 5) is 24.2. The Morgan fingerprint density at radius 3 is 2.42 bits per heavy atom. The van der Waals surface area contributed by atoms with Crippen molar-refractivity contribution in [1.29, 1.82) is 0 Å². The average molecular weight is 366 g/mol. The number of nitro benzene ring substituents is 1. The maximum Gasteiger partial charge on any atom is 0.410 e. The summed E-state index contributed by atoms with van der Waals surface area (Å²) in [6.07, 6.45) is 2.34. The first-order valence-electron chi connectivity index (χ1n) is 8.30. The van der Waals surface area contributed by atoms with Gasteiger partial charge in [0.2, 0.25) is 0 Å². The minimum atomic E-state index is -0.606. The van der Waals surface area contributed by atoms with Crippen LogP contribution < -0.4 is 4.74 Å². The van der Waals surface area contributed by atoms with Crippen molar-refractivity contribution >= 4 is 17.9 Å². The predicted molar refractivity (Wildman–Crippen MR) is 94.6 cm³/mol. The highest BCUT2D eigenvalue weighted by atomic mass is 19.1. The van der Waals surface area contributed by atoms with E-state index >= 15 is 0 Å². The highest BCUT2D eigenvalue weighted by molar-refractivity contribution is 5.69. The lowest BCUT2D eigenvalue weighted by Gasteiger charge is -2.31. The maximum atomic E-state index is 14.2. The Balaban J connectivity index is 2.12. The number of hydrogen-bond donors (Lipinski definition) is 0. The van der Waals surface area contributed by atoms with Crippen molar-refractivity contribution < 1.29 is 23.6 Å². The lowest BCUT2D eigenvalue weighted by atomic mass is 10.0. The maximum absolute atomic E-state index is 14.2. The van der Waals surface area contributed by atoms with Crippen molar-refractivity contribution in [3.8, 4) is 5.75 Å². The highest BCUT2D eigenvalue weighted by Crippen LogP contribution is 2.31. The number of carbonyl (C=O) groups excluding carboxylic acids is 1.